The first-order chi connectivity index (χ1) is 9.76. The molecule has 5 nitrogen and oxygen atoms in total. The zero-order valence-electron chi connectivity index (χ0n) is 10.6. The summed E-state index contributed by atoms with van der Waals surface area (Å²) in [5.74, 6) is -0.200. The summed E-state index contributed by atoms with van der Waals surface area (Å²) in [6.45, 7) is 1.75. The molecule has 0 spiro atoms. The van der Waals surface area contributed by atoms with Gasteiger partial charge in [-0.1, -0.05) is 0 Å². The number of carbonyl (C=O) groups is 1. The first-order valence-corrected chi connectivity index (χ1v) is 7.09. The van der Waals surface area contributed by atoms with Crippen molar-refractivity contribution in [2.45, 2.75) is 13.0 Å². The van der Waals surface area contributed by atoms with Crippen molar-refractivity contribution in [2.75, 3.05) is 11.9 Å². The normalized spacial score (nSPS) is 13.3. The molecule has 0 radical (unpaired) electrons. The second-order valence-electron chi connectivity index (χ2n) is 4.46. The molecular formula is C14H12N4OS. The van der Waals surface area contributed by atoms with Crippen molar-refractivity contribution in [3.63, 3.8) is 0 Å². The number of nitriles is 1. The van der Waals surface area contributed by atoms with Gasteiger partial charge in [0.1, 0.15) is 0 Å². The third-order valence-electron chi connectivity index (χ3n) is 3.10. The van der Waals surface area contributed by atoms with Crippen LogP contribution in [0.1, 0.15) is 26.5 Å². The van der Waals surface area contributed by atoms with Gasteiger partial charge in [-0.15, -0.1) is 11.3 Å². The van der Waals surface area contributed by atoms with Gasteiger partial charge in [0.15, 0.2) is 5.13 Å². The van der Waals surface area contributed by atoms with E-state index in [0.717, 1.165) is 25.2 Å². The van der Waals surface area contributed by atoms with Crippen LogP contribution in [0.25, 0.3) is 0 Å². The highest BCUT2D eigenvalue weighted by Gasteiger charge is 2.16. The van der Waals surface area contributed by atoms with Crippen LogP contribution < -0.4 is 10.6 Å². The Kier molecular flexibility index (Phi) is 3.46. The minimum atomic E-state index is -0.200. The molecule has 0 atom stereocenters. The highest BCUT2D eigenvalue weighted by molar-refractivity contribution is 7.15. The molecule has 0 saturated heterocycles. The van der Waals surface area contributed by atoms with E-state index in [1.165, 1.54) is 16.2 Å². The molecule has 0 unspecified atom stereocenters. The summed E-state index contributed by atoms with van der Waals surface area (Å²) in [5, 5.41) is 15.5. The summed E-state index contributed by atoms with van der Waals surface area (Å²) >= 11 is 1.51. The Morgan fingerprint density at radius 3 is 2.90 bits per heavy atom. The van der Waals surface area contributed by atoms with E-state index in [1.54, 1.807) is 24.3 Å². The minimum Gasteiger partial charge on any atom is -0.311 e. The summed E-state index contributed by atoms with van der Waals surface area (Å²) in [6.07, 6.45) is 0.901. The summed E-state index contributed by atoms with van der Waals surface area (Å²) < 4.78 is 0. The lowest BCUT2D eigenvalue weighted by molar-refractivity contribution is 0.102. The number of nitrogens with one attached hydrogen (secondary N) is 2. The molecule has 0 aliphatic carbocycles. The van der Waals surface area contributed by atoms with E-state index in [0.29, 0.717) is 16.3 Å². The van der Waals surface area contributed by atoms with E-state index < -0.39 is 0 Å². The molecule has 1 amide bonds. The molecule has 1 aromatic heterocycles. The van der Waals surface area contributed by atoms with Crippen LogP contribution in [-0.4, -0.2) is 17.4 Å². The van der Waals surface area contributed by atoms with Crippen LogP contribution in [0.15, 0.2) is 24.3 Å². The molecule has 2 N–H and O–H groups in total. The minimum absolute atomic E-state index is 0.200. The zero-order chi connectivity index (χ0) is 13.9. The van der Waals surface area contributed by atoms with E-state index >= 15 is 0 Å². The monoisotopic (exact) mass is 284 g/mol. The lowest BCUT2D eigenvalue weighted by Crippen LogP contribution is -2.22. The fourth-order valence-electron chi connectivity index (χ4n) is 2.04. The number of aromatic nitrogens is 1. The van der Waals surface area contributed by atoms with Gasteiger partial charge in [0.05, 0.1) is 17.3 Å². The van der Waals surface area contributed by atoms with Crippen molar-refractivity contribution in [1.82, 2.24) is 10.3 Å². The van der Waals surface area contributed by atoms with Crippen LogP contribution in [-0.2, 0) is 13.0 Å². The number of benzene rings is 1. The van der Waals surface area contributed by atoms with Gasteiger partial charge in [-0.2, -0.15) is 5.26 Å². The Hall–Kier alpha value is -2.23. The molecule has 2 aromatic rings. The topological polar surface area (TPSA) is 77.8 Å². The predicted molar refractivity (Wildman–Crippen MR) is 76.6 cm³/mol. The first kappa shape index (κ1) is 12.8. The van der Waals surface area contributed by atoms with E-state index in [1.807, 2.05) is 6.07 Å². The van der Waals surface area contributed by atoms with Gasteiger partial charge in [-0.05, 0) is 24.3 Å². The van der Waals surface area contributed by atoms with Gasteiger partial charge in [-0.25, -0.2) is 4.98 Å². The van der Waals surface area contributed by atoms with Gasteiger partial charge < -0.3 is 5.32 Å². The van der Waals surface area contributed by atoms with Crippen LogP contribution >= 0.6 is 11.3 Å². The highest BCUT2D eigenvalue weighted by Crippen LogP contribution is 2.25. The number of thiazole rings is 1. The number of rotatable bonds is 2. The average molecular weight is 284 g/mol. The van der Waals surface area contributed by atoms with Crippen molar-refractivity contribution >= 4 is 22.4 Å². The van der Waals surface area contributed by atoms with Gasteiger partial charge in [0, 0.05) is 30.0 Å². The number of amides is 1. The zero-order valence-corrected chi connectivity index (χ0v) is 11.5. The largest absolute Gasteiger partial charge is 0.311 e. The van der Waals surface area contributed by atoms with Crippen LogP contribution in [0, 0.1) is 11.3 Å². The molecule has 0 fully saturated rings. The molecular weight excluding hydrogens is 272 g/mol. The number of hydrogen-bond donors (Lipinski definition) is 2. The standard InChI is InChI=1S/C14H12N4OS/c15-7-9-1-3-10(4-2-9)13(19)18-14-17-11-5-6-16-8-12(11)20-14/h1-4,16H,5-6,8H2,(H,17,18,19). The smallest absolute Gasteiger partial charge is 0.257 e. The van der Waals surface area contributed by atoms with Crippen LogP contribution in [0.5, 0.6) is 0 Å². The van der Waals surface area contributed by atoms with E-state index in [-0.39, 0.29) is 5.91 Å². The Bertz CT molecular complexity index is 661. The van der Waals surface area contributed by atoms with Gasteiger partial charge >= 0.3 is 0 Å². The number of nitrogens with zero attached hydrogens (tertiary/aromatic N) is 2. The number of anilines is 1. The summed E-state index contributed by atoms with van der Waals surface area (Å²) in [6, 6.07) is 8.57. The fraction of sp³-hybridized carbons (Fsp3) is 0.214. The lowest BCUT2D eigenvalue weighted by Gasteiger charge is -2.09. The maximum atomic E-state index is 12.1. The second-order valence-corrected chi connectivity index (χ2v) is 5.54. The third-order valence-corrected chi connectivity index (χ3v) is 4.11. The van der Waals surface area contributed by atoms with Crippen molar-refractivity contribution in [3.05, 3.63) is 46.0 Å². The maximum Gasteiger partial charge on any atom is 0.257 e. The van der Waals surface area contributed by atoms with Crippen molar-refractivity contribution < 1.29 is 4.79 Å². The quantitative estimate of drug-likeness (QED) is 0.883. The molecule has 20 heavy (non-hydrogen) atoms. The molecule has 3 rings (SSSR count). The van der Waals surface area contributed by atoms with E-state index in [4.69, 9.17) is 5.26 Å². The molecule has 1 aromatic carbocycles. The number of fused-ring (bicyclic) bond motifs is 1. The number of hydrogen-bond acceptors (Lipinski definition) is 5. The van der Waals surface area contributed by atoms with Crippen molar-refractivity contribution in [1.29, 1.82) is 5.26 Å². The number of carbonyl (C=O) groups excluding carboxylic acids is 1. The molecule has 1 aliphatic rings. The van der Waals surface area contributed by atoms with Crippen LogP contribution in [0.2, 0.25) is 0 Å². The van der Waals surface area contributed by atoms with Gasteiger partial charge in [0.25, 0.3) is 5.91 Å². The Labute approximate surface area is 120 Å². The lowest BCUT2D eigenvalue weighted by atomic mass is 10.1. The van der Waals surface area contributed by atoms with Crippen LogP contribution in [0.4, 0.5) is 5.13 Å². The Morgan fingerprint density at radius 1 is 1.40 bits per heavy atom. The maximum absolute atomic E-state index is 12.1. The van der Waals surface area contributed by atoms with Gasteiger partial charge in [-0.3, -0.25) is 10.1 Å². The molecule has 6 heteroatoms. The van der Waals surface area contributed by atoms with Crippen LogP contribution in [0.3, 0.4) is 0 Å². The molecule has 0 saturated carbocycles. The predicted octanol–water partition coefficient (Wildman–Crippen LogP) is 1.91. The molecule has 2 heterocycles. The fourth-order valence-corrected chi connectivity index (χ4v) is 3.02. The van der Waals surface area contributed by atoms with Crippen molar-refractivity contribution in [2.24, 2.45) is 0 Å². The van der Waals surface area contributed by atoms with E-state index in [9.17, 15) is 4.79 Å². The van der Waals surface area contributed by atoms with Gasteiger partial charge in [0.2, 0.25) is 0 Å². The Balaban J connectivity index is 1.75. The summed E-state index contributed by atoms with van der Waals surface area (Å²) in [7, 11) is 0. The second kappa shape index (κ2) is 5.41. The summed E-state index contributed by atoms with van der Waals surface area (Å²) in [5.41, 5.74) is 2.14. The average Bonchev–Trinajstić information content (AvgIpc) is 2.89. The van der Waals surface area contributed by atoms with Crippen molar-refractivity contribution in [3.8, 4) is 6.07 Å². The third kappa shape index (κ3) is 2.54. The molecule has 1 aliphatic heterocycles. The first-order valence-electron chi connectivity index (χ1n) is 6.27. The summed E-state index contributed by atoms with van der Waals surface area (Å²) in [4.78, 5) is 17.7. The molecule has 100 valence electrons. The van der Waals surface area contributed by atoms with E-state index in [2.05, 4.69) is 15.6 Å². The highest BCUT2D eigenvalue weighted by atomic mass is 32.1. The Morgan fingerprint density at radius 2 is 2.20 bits per heavy atom. The SMILES string of the molecule is N#Cc1ccc(C(=O)Nc2nc3c(s2)CNCC3)cc1. The molecule has 0 bridgehead atoms.